The molecule has 27 heavy (non-hydrogen) atoms. The third-order valence-corrected chi connectivity index (χ3v) is 5.65. The van der Waals surface area contributed by atoms with E-state index in [2.05, 4.69) is 33.2 Å². The maximum atomic E-state index is 12.6. The predicted octanol–water partition coefficient (Wildman–Crippen LogP) is 2.96. The van der Waals surface area contributed by atoms with Gasteiger partial charge in [0.1, 0.15) is 11.3 Å². The molecular formula is C21H24N4O2. The lowest BCUT2D eigenvalue weighted by molar-refractivity contribution is 0.0913. The number of fused-ring (bicyclic) bond motifs is 1. The van der Waals surface area contributed by atoms with E-state index >= 15 is 0 Å². The minimum Gasteiger partial charge on any atom is -0.348 e. The zero-order valence-electron chi connectivity index (χ0n) is 15.7. The van der Waals surface area contributed by atoms with Crippen molar-refractivity contribution in [2.75, 3.05) is 0 Å². The summed E-state index contributed by atoms with van der Waals surface area (Å²) in [5, 5.41) is 4.27. The SMILES string of the molecule is Cc1cc(=O)cc(C(=O)NC2CCC(n3ccc4cccnc43)CC2)n1C. The molecule has 3 heterocycles. The first-order valence-corrected chi connectivity index (χ1v) is 9.43. The van der Waals surface area contributed by atoms with E-state index in [0.717, 1.165) is 42.4 Å². The summed E-state index contributed by atoms with van der Waals surface area (Å²) in [5.41, 5.74) is 2.09. The zero-order chi connectivity index (χ0) is 19.0. The number of aryl methyl sites for hydroxylation is 1. The van der Waals surface area contributed by atoms with Crippen LogP contribution in [0, 0.1) is 6.92 Å². The molecule has 0 aromatic carbocycles. The van der Waals surface area contributed by atoms with Crippen LogP contribution in [0.5, 0.6) is 0 Å². The van der Waals surface area contributed by atoms with Gasteiger partial charge in [0.05, 0.1) is 0 Å². The van der Waals surface area contributed by atoms with E-state index in [1.807, 2.05) is 26.2 Å². The summed E-state index contributed by atoms with van der Waals surface area (Å²) in [7, 11) is 1.81. The number of carbonyl (C=O) groups excluding carboxylic acids is 1. The first kappa shape index (κ1) is 17.5. The number of hydrogen-bond acceptors (Lipinski definition) is 3. The van der Waals surface area contributed by atoms with Crippen LogP contribution in [-0.2, 0) is 7.05 Å². The molecule has 0 unspecified atom stereocenters. The smallest absolute Gasteiger partial charge is 0.268 e. The highest BCUT2D eigenvalue weighted by Gasteiger charge is 2.25. The van der Waals surface area contributed by atoms with Crippen LogP contribution in [0.4, 0.5) is 0 Å². The van der Waals surface area contributed by atoms with E-state index in [-0.39, 0.29) is 17.4 Å². The molecule has 0 saturated heterocycles. The van der Waals surface area contributed by atoms with Crippen molar-refractivity contribution in [2.24, 2.45) is 7.05 Å². The van der Waals surface area contributed by atoms with Crippen molar-refractivity contribution in [3.05, 3.63) is 64.3 Å². The number of nitrogens with zero attached hydrogens (tertiary/aromatic N) is 3. The molecule has 0 aliphatic heterocycles. The summed E-state index contributed by atoms with van der Waals surface area (Å²) >= 11 is 0. The van der Waals surface area contributed by atoms with E-state index in [1.54, 1.807) is 4.57 Å². The average Bonchev–Trinajstić information content (AvgIpc) is 3.09. The topological polar surface area (TPSA) is 68.9 Å². The molecule has 3 aromatic rings. The van der Waals surface area contributed by atoms with Crippen molar-refractivity contribution in [3.8, 4) is 0 Å². The van der Waals surface area contributed by atoms with Gasteiger partial charge in [0.25, 0.3) is 5.91 Å². The van der Waals surface area contributed by atoms with Gasteiger partial charge >= 0.3 is 0 Å². The van der Waals surface area contributed by atoms with Gasteiger partial charge in [0, 0.05) is 54.7 Å². The molecule has 1 aliphatic carbocycles. The van der Waals surface area contributed by atoms with E-state index in [9.17, 15) is 9.59 Å². The van der Waals surface area contributed by atoms with Crippen LogP contribution in [0.1, 0.15) is 47.9 Å². The van der Waals surface area contributed by atoms with Crippen LogP contribution in [0.2, 0.25) is 0 Å². The van der Waals surface area contributed by atoms with Crippen LogP contribution >= 0.6 is 0 Å². The molecule has 1 amide bonds. The molecule has 0 atom stereocenters. The van der Waals surface area contributed by atoms with Crippen molar-refractivity contribution >= 4 is 16.9 Å². The Morgan fingerprint density at radius 3 is 2.74 bits per heavy atom. The van der Waals surface area contributed by atoms with Crippen LogP contribution < -0.4 is 10.7 Å². The number of hydrogen-bond donors (Lipinski definition) is 1. The number of carbonyl (C=O) groups is 1. The number of amides is 1. The fourth-order valence-corrected chi connectivity index (χ4v) is 4.02. The van der Waals surface area contributed by atoms with Crippen molar-refractivity contribution < 1.29 is 4.79 Å². The summed E-state index contributed by atoms with van der Waals surface area (Å²) < 4.78 is 4.03. The zero-order valence-corrected chi connectivity index (χ0v) is 15.7. The minimum absolute atomic E-state index is 0.133. The molecule has 1 aliphatic rings. The Balaban J connectivity index is 1.43. The lowest BCUT2D eigenvalue weighted by Crippen LogP contribution is -2.39. The van der Waals surface area contributed by atoms with Crippen molar-refractivity contribution in [1.29, 1.82) is 0 Å². The Hall–Kier alpha value is -2.89. The summed E-state index contributed by atoms with van der Waals surface area (Å²) in [6.45, 7) is 1.83. The molecule has 0 bridgehead atoms. The summed E-state index contributed by atoms with van der Waals surface area (Å²) in [4.78, 5) is 28.9. The molecule has 1 saturated carbocycles. The third-order valence-electron chi connectivity index (χ3n) is 5.65. The molecule has 0 spiro atoms. The highest BCUT2D eigenvalue weighted by molar-refractivity contribution is 5.92. The molecule has 1 N–H and O–H groups in total. The minimum atomic E-state index is -0.171. The van der Waals surface area contributed by atoms with Gasteiger partial charge in [-0.15, -0.1) is 0 Å². The lowest BCUT2D eigenvalue weighted by Gasteiger charge is -2.30. The van der Waals surface area contributed by atoms with Gasteiger partial charge in [-0.2, -0.15) is 0 Å². The molecule has 0 radical (unpaired) electrons. The summed E-state index contributed by atoms with van der Waals surface area (Å²) in [5.74, 6) is -0.171. The highest BCUT2D eigenvalue weighted by Crippen LogP contribution is 2.31. The number of pyridine rings is 2. The first-order chi connectivity index (χ1) is 13.0. The van der Waals surface area contributed by atoms with Gasteiger partial charge in [-0.25, -0.2) is 4.98 Å². The molecule has 1 fully saturated rings. The number of rotatable bonds is 3. The van der Waals surface area contributed by atoms with Gasteiger partial charge in [0.15, 0.2) is 5.43 Å². The maximum absolute atomic E-state index is 12.6. The Bertz CT molecular complexity index is 1040. The average molecular weight is 364 g/mol. The second-order valence-corrected chi connectivity index (χ2v) is 7.39. The number of aromatic nitrogens is 3. The molecule has 6 heteroatoms. The van der Waals surface area contributed by atoms with Gasteiger partial charge in [0.2, 0.25) is 0 Å². The molecular weight excluding hydrogens is 340 g/mol. The monoisotopic (exact) mass is 364 g/mol. The standard InChI is InChI=1S/C21H24N4O2/c1-14-12-18(26)13-19(24(14)2)21(27)23-16-5-7-17(8-6-16)25-11-9-15-4-3-10-22-20(15)25/h3-4,9-13,16-17H,5-8H2,1-2H3,(H,23,27). The normalized spacial score (nSPS) is 19.9. The Morgan fingerprint density at radius 2 is 1.96 bits per heavy atom. The fraction of sp³-hybridized carbons (Fsp3) is 0.381. The Labute approximate surface area is 157 Å². The Kier molecular flexibility index (Phi) is 4.56. The Morgan fingerprint density at radius 1 is 1.19 bits per heavy atom. The first-order valence-electron chi connectivity index (χ1n) is 9.43. The molecule has 6 nitrogen and oxygen atoms in total. The van der Waals surface area contributed by atoms with Gasteiger partial charge in [-0.05, 0) is 50.8 Å². The molecule has 140 valence electrons. The van der Waals surface area contributed by atoms with Gasteiger partial charge in [-0.3, -0.25) is 9.59 Å². The van der Waals surface area contributed by atoms with E-state index in [4.69, 9.17) is 0 Å². The van der Waals surface area contributed by atoms with Crippen LogP contribution in [0.3, 0.4) is 0 Å². The van der Waals surface area contributed by atoms with Crippen molar-refractivity contribution in [1.82, 2.24) is 19.4 Å². The van der Waals surface area contributed by atoms with Crippen LogP contribution in [-0.4, -0.2) is 26.1 Å². The fourth-order valence-electron chi connectivity index (χ4n) is 4.02. The highest BCUT2D eigenvalue weighted by atomic mass is 16.2. The quantitative estimate of drug-likeness (QED) is 0.777. The molecule has 4 rings (SSSR count). The molecule has 3 aromatic heterocycles. The second kappa shape index (κ2) is 7.02. The third kappa shape index (κ3) is 3.39. The van der Waals surface area contributed by atoms with E-state index < -0.39 is 0 Å². The summed E-state index contributed by atoms with van der Waals surface area (Å²) in [6.07, 6.45) is 7.78. The van der Waals surface area contributed by atoms with Crippen molar-refractivity contribution in [2.45, 2.75) is 44.7 Å². The largest absolute Gasteiger partial charge is 0.348 e. The predicted molar refractivity (Wildman–Crippen MR) is 105 cm³/mol. The summed E-state index contributed by atoms with van der Waals surface area (Å²) in [6, 6.07) is 9.64. The van der Waals surface area contributed by atoms with E-state index in [0.29, 0.717) is 11.7 Å². The van der Waals surface area contributed by atoms with Gasteiger partial charge < -0.3 is 14.5 Å². The van der Waals surface area contributed by atoms with Crippen LogP contribution in [0.15, 0.2) is 47.5 Å². The number of nitrogens with one attached hydrogen (secondary N) is 1. The maximum Gasteiger partial charge on any atom is 0.268 e. The van der Waals surface area contributed by atoms with Crippen molar-refractivity contribution in [3.63, 3.8) is 0 Å². The lowest BCUT2D eigenvalue weighted by atomic mass is 9.91. The van der Waals surface area contributed by atoms with E-state index in [1.165, 1.54) is 12.1 Å². The second-order valence-electron chi connectivity index (χ2n) is 7.39. The van der Waals surface area contributed by atoms with Crippen LogP contribution in [0.25, 0.3) is 11.0 Å². The van der Waals surface area contributed by atoms with Gasteiger partial charge in [-0.1, -0.05) is 0 Å².